The summed E-state index contributed by atoms with van der Waals surface area (Å²) in [7, 11) is 0. The summed E-state index contributed by atoms with van der Waals surface area (Å²) < 4.78 is 20.6. The van der Waals surface area contributed by atoms with Crippen LogP contribution in [0.3, 0.4) is 0 Å². The molecule has 2 N–H and O–H groups in total. The van der Waals surface area contributed by atoms with E-state index in [4.69, 9.17) is 24.7 Å². The normalized spacial score (nSPS) is 36.8. The van der Waals surface area contributed by atoms with Gasteiger partial charge in [0.25, 0.3) is 0 Å². The highest BCUT2D eigenvalue weighted by atomic mass is 16.7. The monoisotopic (exact) mass is 231 g/mol. The second kappa shape index (κ2) is 4.26. The van der Waals surface area contributed by atoms with Crippen LogP contribution in [0.4, 0.5) is 4.79 Å². The molecule has 2 heterocycles. The smallest absolute Gasteiger partial charge is 0.404 e. The molecular weight excluding hydrogens is 218 g/mol. The quantitative estimate of drug-likeness (QED) is 0.623. The predicted octanol–water partition coefficient (Wildman–Crippen LogP) is -0.820. The van der Waals surface area contributed by atoms with E-state index in [-0.39, 0.29) is 19.3 Å². The first-order valence-corrected chi connectivity index (χ1v) is 4.94. The second-order valence-electron chi connectivity index (χ2n) is 3.72. The predicted molar refractivity (Wildman–Crippen MR) is 49.5 cm³/mol. The van der Waals surface area contributed by atoms with Crippen LogP contribution >= 0.6 is 0 Å². The first-order valence-electron chi connectivity index (χ1n) is 4.94. The van der Waals surface area contributed by atoms with Crippen molar-refractivity contribution >= 4 is 12.1 Å². The van der Waals surface area contributed by atoms with E-state index < -0.39 is 30.4 Å². The van der Waals surface area contributed by atoms with E-state index in [0.29, 0.717) is 0 Å². The summed E-state index contributed by atoms with van der Waals surface area (Å²) in [4.78, 5) is 21.4. The summed E-state index contributed by atoms with van der Waals surface area (Å²) in [6.07, 6.45) is -2.62. The van der Waals surface area contributed by atoms with Crippen molar-refractivity contribution in [2.45, 2.75) is 31.3 Å². The summed E-state index contributed by atoms with van der Waals surface area (Å²) in [5.41, 5.74) is 4.91. The van der Waals surface area contributed by atoms with Crippen molar-refractivity contribution < 1.29 is 28.5 Å². The molecule has 0 aromatic heterocycles. The standard InChI is InChI=1S/C9H13NO6/c1-4(11)15-5-2-13-8-6(16-9(10)12)3-14-7(5)8/h5-8H,2-3H2,1H3,(H2,10,12)/t5-,6-,7+,8+/m0/s1. The lowest BCUT2D eigenvalue weighted by Gasteiger charge is -2.15. The minimum absolute atomic E-state index is 0.204. The average molecular weight is 231 g/mol. The van der Waals surface area contributed by atoms with Crippen LogP contribution < -0.4 is 5.73 Å². The molecule has 2 aliphatic rings. The molecule has 0 spiro atoms. The lowest BCUT2D eigenvalue weighted by Crippen LogP contribution is -2.36. The van der Waals surface area contributed by atoms with Gasteiger partial charge in [0.1, 0.15) is 12.2 Å². The zero-order valence-corrected chi connectivity index (χ0v) is 8.75. The Labute approximate surface area is 91.8 Å². The summed E-state index contributed by atoms with van der Waals surface area (Å²) in [5.74, 6) is -0.392. The van der Waals surface area contributed by atoms with E-state index in [1.807, 2.05) is 0 Å². The Balaban J connectivity index is 1.95. The molecule has 0 aromatic carbocycles. The van der Waals surface area contributed by atoms with Gasteiger partial charge in [-0.15, -0.1) is 0 Å². The second-order valence-corrected chi connectivity index (χ2v) is 3.72. The summed E-state index contributed by atoms with van der Waals surface area (Å²) in [6.45, 7) is 1.77. The third-order valence-electron chi connectivity index (χ3n) is 2.55. The van der Waals surface area contributed by atoms with E-state index >= 15 is 0 Å². The van der Waals surface area contributed by atoms with Gasteiger partial charge >= 0.3 is 12.1 Å². The van der Waals surface area contributed by atoms with Crippen molar-refractivity contribution in [3.05, 3.63) is 0 Å². The van der Waals surface area contributed by atoms with Gasteiger partial charge in [0, 0.05) is 6.92 Å². The number of fused-ring (bicyclic) bond motifs is 1. The molecule has 2 fully saturated rings. The molecule has 0 unspecified atom stereocenters. The molecule has 0 aromatic rings. The SMILES string of the molecule is CC(=O)O[C@H]1CO[C@H]2[C@@H]1OC[C@@H]2OC(N)=O. The molecule has 2 saturated heterocycles. The number of carbonyl (C=O) groups excluding carboxylic acids is 2. The summed E-state index contributed by atoms with van der Waals surface area (Å²) in [5, 5.41) is 0. The highest BCUT2D eigenvalue weighted by Crippen LogP contribution is 2.30. The van der Waals surface area contributed by atoms with Crippen LogP contribution in [0, 0.1) is 0 Å². The number of primary amides is 1. The fourth-order valence-electron chi connectivity index (χ4n) is 1.99. The summed E-state index contributed by atoms with van der Waals surface area (Å²) >= 11 is 0. The van der Waals surface area contributed by atoms with Crippen LogP contribution in [0.1, 0.15) is 6.92 Å². The maximum atomic E-state index is 10.8. The first-order chi connectivity index (χ1) is 7.58. The fraction of sp³-hybridized carbons (Fsp3) is 0.778. The van der Waals surface area contributed by atoms with Crippen LogP contribution in [-0.2, 0) is 23.7 Å². The van der Waals surface area contributed by atoms with Crippen LogP contribution in [0.15, 0.2) is 0 Å². The molecular formula is C9H13NO6. The van der Waals surface area contributed by atoms with Gasteiger partial charge in [-0.3, -0.25) is 4.79 Å². The van der Waals surface area contributed by atoms with E-state index in [0.717, 1.165) is 0 Å². The number of nitrogens with two attached hydrogens (primary N) is 1. The zero-order valence-electron chi connectivity index (χ0n) is 8.75. The molecule has 0 aliphatic carbocycles. The van der Waals surface area contributed by atoms with Crippen LogP contribution in [0.25, 0.3) is 0 Å². The number of hydrogen-bond donors (Lipinski definition) is 1. The Bertz CT molecular complexity index is 276. The molecule has 2 rings (SSSR count). The number of esters is 1. The van der Waals surface area contributed by atoms with E-state index in [2.05, 4.69) is 0 Å². The lowest BCUT2D eigenvalue weighted by atomic mass is 10.1. The summed E-state index contributed by atoms with van der Waals surface area (Å²) in [6, 6.07) is 0. The van der Waals surface area contributed by atoms with Gasteiger partial charge in [0.2, 0.25) is 0 Å². The lowest BCUT2D eigenvalue weighted by molar-refractivity contribution is -0.151. The highest BCUT2D eigenvalue weighted by molar-refractivity contribution is 5.66. The van der Waals surface area contributed by atoms with Gasteiger partial charge in [-0.25, -0.2) is 4.79 Å². The largest absolute Gasteiger partial charge is 0.457 e. The number of rotatable bonds is 2. The van der Waals surface area contributed by atoms with E-state index in [1.165, 1.54) is 6.92 Å². The van der Waals surface area contributed by atoms with Gasteiger partial charge in [-0.1, -0.05) is 0 Å². The van der Waals surface area contributed by atoms with Gasteiger partial charge in [-0.2, -0.15) is 0 Å². The van der Waals surface area contributed by atoms with Crippen molar-refractivity contribution in [2.75, 3.05) is 13.2 Å². The van der Waals surface area contributed by atoms with Gasteiger partial charge in [0.15, 0.2) is 12.2 Å². The van der Waals surface area contributed by atoms with Gasteiger partial charge in [0.05, 0.1) is 13.2 Å². The van der Waals surface area contributed by atoms with Crippen LogP contribution in [0.5, 0.6) is 0 Å². The van der Waals surface area contributed by atoms with Crippen molar-refractivity contribution in [1.29, 1.82) is 0 Å². The maximum Gasteiger partial charge on any atom is 0.404 e. The molecule has 7 heteroatoms. The third kappa shape index (κ3) is 2.10. The Morgan fingerprint density at radius 2 is 1.62 bits per heavy atom. The van der Waals surface area contributed by atoms with Crippen molar-refractivity contribution in [2.24, 2.45) is 5.73 Å². The maximum absolute atomic E-state index is 10.8. The minimum Gasteiger partial charge on any atom is -0.457 e. The molecule has 16 heavy (non-hydrogen) atoms. The molecule has 90 valence electrons. The van der Waals surface area contributed by atoms with Crippen LogP contribution in [0.2, 0.25) is 0 Å². The number of amides is 1. The molecule has 4 atom stereocenters. The molecule has 0 radical (unpaired) electrons. The fourth-order valence-corrected chi connectivity index (χ4v) is 1.99. The Morgan fingerprint density at radius 1 is 1.12 bits per heavy atom. The number of carbonyl (C=O) groups is 2. The number of ether oxygens (including phenoxy) is 4. The van der Waals surface area contributed by atoms with Crippen molar-refractivity contribution in [1.82, 2.24) is 0 Å². The van der Waals surface area contributed by atoms with Crippen molar-refractivity contribution in [3.63, 3.8) is 0 Å². The molecule has 0 saturated carbocycles. The van der Waals surface area contributed by atoms with Crippen LogP contribution in [-0.4, -0.2) is 49.7 Å². The Morgan fingerprint density at radius 3 is 2.06 bits per heavy atom. The Hall–Kier alpha value is -1.34. The molecule has 0 bridgehead atoms. The Kier molecular flexibility index (Phi) is 2.97. The van der Waals surface area contributed by atoms with E-state index in [1.54, 1.807) is 0 Å². The highest BCUT2D eigenvalue weighted by Gasteiger charge is 2.50. The molecule has 7 nitrogen and oxygen atoms in total. The average Bonchev–Trinajstić information content (AvgIpc) is 2.70. The molecule has 2 aliphatic heterocycles. The zero-order chi connectivity index (χ0) is 11.7. The van der Waals surface area contributed by atoms with Crippen molar-refractivity contribution in [3.8, 4) is 0 Å². The number of hydrogen-bond acceptors (Lipinski definition) is 6. The van der Waals surface area contributed by atoms with E-state index in [9.17, 15) is 9.59 Å². The minimum atomic E-state index is -0.867. The third-order valence-corrected chi connectivity index (χ3v) is 2.55. The molecule has 1 amide bonds. The topological polar surface area (TPSA) is 97.1 Å². The van der Waals surface area contributed by atoms with Gasteiger partial charge < -0.3 is 24.7 Å². The van der Waals surface area contributed by atoms with Gasteiger partial charge in [-0.05, 0) is 0 Å². The first kappa shape index (κ1) is 11.2.